The van der Waals surface area contributed by atoms with Crippen molar-refractivity contribution in [2.24, 2.45) is 5.28 Å². The highest BCUT2D eigenvalue weighted by Crippen LogP contribution is 1.94. The minimum atomic E-state index is -1.24. The van der Waals surface area contributed by atoms with Gasteiger partial charge in [-0.25, -0.2) is 4.79 Å². The Morgan fingerprint density at radius 2 is 2.08 bits per heavy atom. The van der Waals surface area contributed by atoms with E-state index in [4.69, 9.17) is 5.11 Å². The summed E-state index contributed by atoms with van der Waals surface area (Å²) < 4.78 is 0. The average molecular weight is 176 g/mol. The number of hydroxylamine groups is 1. The van der Waals surface area contributed by atoms with Crippen LogP contribution in [0, 0.1) is 5.21 Å². The molecule has 0 bridgehead atoms. The predicted molar refractivity (Wildman–Crippen MR) is 39.4 cm³/mol. The van der Waals surface area contributed by atoms with Gasteiger partial charge in [0.05, 0.1) is 0 Å². The molecule has 0 saturated heterocycles. The molecule has 0 fully saturated rings. The van der Waals surface area contributed by atoms with E-state index in [-0.39, 0.29) is 11.0 Å². The summed E-state index contributed by atoms with van der Waals surface area (Å²) in [6, 6.07) is -1.22. The van der Waals surface area contributed by atoms with Crippen molar-refractivity contribution in [1.29, 1.82) is 0 Å². The third kappa shape index (κ3) is 3.75. The Hall–Kier alpha value is -1.33. The molecule has 0 heterocycles. The fourth-order valence-corrected chi connectivity index (χ4v) is 0.306. The lowest BCUT2D eigenvalue weighted by Crippen LogP contribution is -2.26. The van der Waals surface area contributed by atoms with Crippen molar-refractivity contribution < 1.29 is 19.6 Å². The van der Waals surface area contributed by atoms with Crippen LogP contribution in [-0.2, 0) is 9.63 Å². The molecule has 0 aliphatic carbocycles. The van der Waals surface area contributed by atoms with E-state index in [1.54, 1.807) is 13.8 Å². The average Bonchev–Trinajstić information content (AvgIpc) is 1.98. The smallest absolute Gasteiger partial charge is 0.376 e. The van der Waals surface area contributed by atoms with Crippen LogP contribution >= 0.6 is 0 Å². The largest absolute Gasteiger partial charge is 0.597 e. The highest BCUT2D eigenvalue weighted by molar-refractivity contribution is 5.71. The lowest BCUT2D eigenvalue weighted by Gasteiger charge is -2.04. The van der Waals surface area contributed by atoms with Gasteiger partial charge in [-0.15, -0.1) is 0 Å². The highest BCUT2D eigenvalue weighted by atomic mass is 16.7. The molecule has 6 heteroatoms. The van der Waals surface area contributed by atoms with Crippen LogP contribution in [0.1, 0.15) is 20.8 Å². The van der Waals surface area contributed by atoms with Crippen molar-refractivity contribution in [2.45, 2.75) is 32.9 Å². The molecule has 1 unspecified atom stereocenters. The summed E-state index contributed by atoms with van der Waals surface area (Å²) in [5, 5.41) is 22.1. The van der Waals surface area contributed by atoms with E-state index in [1.165, 1.54) is 6.92 Å². The molecule has 1 N–H and O–H groups in total. The molecule has 0 rings (SSSR count). The summed E-state index contributed by atoms with van der Waals surface area (Å²) >= 11 is 0. The highest BCUT2D eigenvalue weighted by Gasteiger charge is 2.20. The number of carbonyl (C=O) groups is 1. The van der Waals surface area contributed by atoms with E-state index in [0.29, 0.717) is 0 Å². The zero-order valence-electron chi connectivity index (χ0n) is 7.22. The van der Waals surface area contributed by atoms with Gasteiger partial charge in [-0.2, -0.15) is 0 Å². The van der Waals surface area contributed by atoms with Crippen LogP contribution in [0.25, 0.3) is 0 Å². The molecule has 0 aliphatic rings. The van der Waals surface area contributed by atoms with Crippen LogP contribution in [-0.4, -0.2) is 28.1 Å². The molecule has 12 heavy (non-hydrogen) atoms. The number of aliphatic carboxylic acids is 1. The minimum absolute atomic E-state index is 0.0162. The Kier molecular flexibility index (Phi) is 4.03. The first-order valence-corrected chi connectivity index (χ1v) is 3.51. The van der Waals surface area contributed by atoms with E-state index in [0.717, 1.165) is 0 Å². The molecule has 6 nitrogen and oxygen atoms in total. The summed E-state index contributed by atoms with van der Waals surface area (Å²) in [7, 11) is 0. The Balaban J connectivity index is 4.08. The van der Waals surface area contributed by atoms with Crippen molar-refractivity contribution >= 4 is 5.97 Å². The quantitative estimate of drug-likeness (QED) is 0.389. The van der Waals surface area contributed by atoms with Crippen molar-refractivity contribution in [1.82, 2.24) is 0 Å². The molecule has 0 amide bonds. The lowest BCUT2D eigenvalue weighted by atomic mass is 10.4. The van der Waals surface area contributed by atoms with Crippen LogP contribution in [0.2, 0.25) is 0 Å². The van der Waals surface area contributed by atoms with Gasteiger partial charge in [0.25, 0.3) is 6.04 Å². The lowest BCUT2D eigenvalue weighted by molar-refractivity contribution is -0.581. The molecule has 0 saturated carbocycles. The first kappa shape index (κ1) is 10.7. The van der Waals surface area contributed by atoms with Gasteiger partial charge >= 0.3 is 5.97 Å². The number of hydrogen-bond donors (Lipinski definition) is 1. The zero-order valence-corrected chi connectivity index (χ0v) is 7.22. The molecule has 0 aromatic carbocycles. The van der Waals surface area contributed by atoms with Crippen molar-refractivity contribution in [3.63, 3.8) is 0 Å². The van der Waals surface area contributed by atoms with E-state index in [9.17, 15) is 10.0 Å². The van der Waals surface area contributed by atoms with Crippen LogP contribution in [0.15, 0.2) is 5.28 Å². The van der Waals surface area contributed by atoms with Gasteiger partial charge in [-0.05, 0) is 18.7 Å². The van der Waals surface area contributed by atoms with Crippen molar-refractivity contribution in [3.8, 4) is 0 Å². The maximum absolute atomic E-state index is 10.7. The third-order valence-electron chi connectivity index (χ3n) is 1.03. The Morgan fingerprint density at radius 3 is 2.42 bits per heavy atom. The van der Waals surface area contributed by atoms with E-state index >= 15 is 0 Å². The van der Waals surface area contributed by atoms with E-state index < -0.39 is 12.0 Å². The second kappa shape index (κ2) is 4.53. The summed E-state index contributed by atoms with van der Waals surface area (Å²) in [6.45, 7) is 4.59. The Morgan fingerprint density at radius 1 is 1.58 bits per heavy atom. The van der Waals surface area contributed by atoms with Crippen LogP contribution in [0.3, 0.4) is 0 Å². The molecule has 0 aliphatic heterocycles. The van der Waals surface area contributed by atoms with Crippen molar-refractivity contribution in [3.05, 3.63) is 5.21 Å². The van der Waals surface area contributed by atoms with Gasteiger partial charge in [-0.1, -0.05) is 0 Å². The Bertz CT molecular complexity index is 190. The van der Waals surface area contributed by atoms with Gasteiger partial charge < -0.3 is 15.2 Å². The monoisotopic (exact) mass is 176 g/mol. The normalized spacial score (nSPS) is 14.5. The maximum atomic E-state index is 10.7. The molecule has 0 spiro atoms. The predicted octanol–water partition coefficient (Wildman–Crippen LogP) is 0.762. The van der Waals surface area contributed by atoms with Crippen LogP contribution < -0.4 is 0 Å². The second-order valence-electron chi connectivity index (χ2n) is 2.55. The molecule has 0 radical (unpaired) electrons. The molecular weight excluding hydrogens is 164 g/mol. The fraction of sp³-hybridized carbons (Fsp3) is 0.833. The van der Waals surface area contributed by atoms with Crippen molar-refractivity contribution in [2.75, 3.05) is 0 Å². The standard InChI is InChI=1S/C6H12N2O4/c1-4(2)12-7-8(11)5(3)6(9)10/h4-5H,1-3H3,(H,9,10)/b8-7-. The van der Waals surface area contributed by atoms with E-state index in [2.05, 4.69) is 10.1 Å². The summed E-state index contributed by atoms with van der Waals surface area (Å²) in [6.07, 6.45) is -0.234. The molecule has 70 valence electrons. The van der Waals surface area contributed by atoms with Gasteiger partial charge in [-0.3, -0.25) is 0 Å². The van der Waals surface area contributed by atoms with E-state index in [1.807, 2.05) is 0 Å². The number of rotatable bonds is 4. The van der Waals surface area contributed by atoms with Crippen LogP contribution in [0.5, 0.6) is 0 Å². The minimum Gasteiger partial charge on any atom is -0.597 e. The number of carboxylic acids is 1. The Labute approximate surface area is 70.0 Å². The number of nitrogens with zero attached hydrogens (tertiary/aromatic N) is 2. The van der Waals surface area contributed by atoms with Gasteiger partial charge in [0.1, 0.15) is 6.10 Å². The van der Waals surface area contributed by atoms with Gasteiger partial charge in [0.15, 0.2) is 0 Å². The summed E-state index contributed by atoms with van der Waals surface area (Å²) in [5.74, 6) is -1.24. The summed E-state index contributed by atoms with van der Waals surface area (Å²) in [5.41, 5.74) is 0. The number of carboxylic acid groups (broad SMARTS) is 1. The molecular formula is C6H12N2O4. The van der Waals surface area contributed by atoms with Gasteiger partial charge in [0.2, 0.25) is 5.28 Å². The topological polar surface area (TPSA) is 85.0 Å². The maximum Gasteiger partial charge on any atom is 0.376 e. The van der Waals surface area contributed by atoms with Crippen LogP contribution in [0.4, 0.5) is 0 Å². The SMILES string of the molecule is CC(C)O/N=[N+](\[O-])C(C)C(=O)O. The van der Waals surface area contributed by atoms with Gasteiger partial charge in [0, 0.05) is 6.92 Å². The second-order valence-corrected chi connectivity index (χ2v) is 2.55. The number of hydrogen-bond acceptors (Lipinski definition) is 4. The molecule has 0 aromatic rings. The summed E-state index contributed by atoms with van der Waals surface area (Å²) in [4.78, 5) is 14.8. The first-order chi connectivity index (χ1) is 5.45. The molecule has 0 aromatic heterocycles. The molecule has 1 atom stereocenters. The fourth-order valence-electron chi connectivity index (χ4n) is 0.306. The third-order valence-corrected chi connectivity index (χ3v) is 1.03. The zero-order chi connectivity index (χ0) is 9.72. The first-order valence-electron chi connectivity index (χ1n) is 3.51.